The molecule has 2 rings (SSSR count). The molecular weight excluding hydrogens is 351 g/mol. The van der Waals surface area contributed by atoms with E-state index in [4.69, 9.17) is 5.73 Å². The zero-order valence-corrected chi connectivity index (χ0v) is 10.3. The molecule has 90 valence electrons. The van der Waals surface area contributed by atoms with Crippen LogP contribution in [0.3, 0.4) is 0 Å². The van der Waals surface area contributed by atoms with Gasteiger partial charge in [0.05, 0.1) is 9.09 Å². The Balaban J connectivity index is 2.84. The van der Waals surface area contributed by atoms with E-state index < -0.39 is 17.7 Å². The number of nitrogens with two attached hydrogens (primary N) is 1. The number of aromatic nitrogens is 1. The average Bonchev–Trinajstić information content (AvgIpc) is 2.22. The van der Waals surface area contributed by atoms with E-state index in [9.17, 15) is 17.6 Å². The number of anilines is 1. The maximum absolute atomic E-state index is 13.2. The lowest BCUT2D eigenvalue weighted by molar-refractivity contribution is -0.140. The number of halogens is 5. The van der Waals surface area contributed by atoms with Crippen molar-refractivity contribution in [2.45, 2.75) is 6.18 Å². The van der Waals surface area contributed by atoms with Gasteiger partial charge < -0.3 is 5.73 Å². The van der Waals surface area contributed by atoms with E-state index in [0.29, 0.717) is 5.39 Å². The zero-order chi connectivity index (χ0) is 12.8. The quantitative estimate of drug-likeness (QED) is 0.579. The lowest BCUT2D eigenvalue weighted by atomic mass is 10.1. The van der Waals surface area contributed by atoms with Crippen molar-refractivity contribution in [3.8, 4) is 0 Å². The first kappa shape index (κ1) is 12.3. The van der Waals surface area contributed by atoms with E-state index in [1.165, 1.54) is 6.07 Å². The molecule has 2 N–H and O–H groups in total. The third kappa shape index (κ3) is 2.15. The molecule has 1 aromatic heterocycles. The minimum absolute atomic E-state index is 0.0258. The van der Waals surface area contributed by atoms with Gasteiger partial charge in [0.15, 0.2) is 0 Å². The van der Waals surface area contributed by atoms with E-state index in [1.807, 2.05) is 0 Å². The van der Waals surface area contributed by atoms with E-state index in [0.717, 1.165) is 12.1 Å². The smallest absolute Gasteiger partial charge is 0.398 e. The summed E-state index contributed by atoms with van der Waals surface area (Å²) in [5.74, 6) is -0.621. The van der Waals surface area contributed by atoms with Gasteiger partial charge in [0, 0.05) is 11.1 Å². The summed E-state index contributed by atoms with van der Waals surface area (Å²) >= 11 is 1.60. The van der Waals surface area contributed by atoms with Crippen LogP contribution < -0.4 is 5.73 Å². The third-order valence-corrected chi connectivity index (χ3v) is 3.22. The molecular formula is C10H5F4IN2. The fourth-order valence-electron chi connectivity index (χ4n) is 1.41. The predicted octanol–water partition coefficient (Wildman–Crippen LogP) is 3.58. The molecule has 0 saturated carbocycles. The summed E-state index contributed by atoms with van der Waals surface area (Å²) in [5, 5.41) is 0.309. The predicted molar refractivity (Wildman–Crippen MR) is 63.8 cm³/mol. The SMILES string of the molecule is Nc1cc(C(F)(F)F)nc2c(I)c(F)ccc12. The van der Waals surface area contributed by atoms with Gasteiger partial charge in [-0.3, -0.25) is 0 Å². The summed E-state index contributed by atoms with van der Waals surface area (Å²) in [4.78, 5) is 3.42. The van der Waals surface area contributed by atoms with Crippen LogP contribution in [0.25, 0.3) is 10.9 Å². The zero-order valence-electron chi connectivity index (χ0n) is 8.15. The van der Waals surface area contributed by atoms with E-state index in [-0.39, 0.29) is 14.8 Å². The summed E-state index contributed by atoms with van der Waals surface area (Å²) < 4.78 is 50.8. The van der Waals surface area contributed by atoms with Crippen molar-refractivity contribution in [1.82, 2.24) is 4.98 Å². The van der Waals surface area contributed by atoms with Gasteiger partial charge >= 0.3 is 6.18 Å². The van der Waals surface area contributed by atoms with Crippen molar-refractivity contribution < 1.29 is 17.6 Å². The lowest BCUT2D eigenvalue weighted by Gasteiger charge is -2.10. The van der Waals surface area contributed by atoms with Crippen molar-refractivity contribution in [2.24, 2.45) is 0 Å². The standard InChI is InChI=1S/C10H5F4IN2/c11-5-2-1-4-6(16)3-7(10(12,13)14)17-9(4)8(5)15/h1-3H,(H2,16,17). The van der Waals surface area contributed by atoms with Crippen molar-refractivity contribution in [2.75, 3.05) is 5.73 Å². The molecule has 1 heterocycles. The molecule has 0 aliphatic carbocycles. The van der Waals surface area contributed by atoms with Gasteiger partial charge in [-0.25, -0.2) is 9.37 Å². The lowest BCUT2D eigenvalue weighted by Crippen LogP contribution is -2.09. The molecule has 0 atom stereocenters. The first-order valence-corrected chi connectivity index (χ1v) is 5.50. The highest BCUT2D eigenvalue weighted by Crippen LogP contribution is 2.33. The molecule has 0 aliphatic rings. The average molecular weight is 356 g/mol. The molecule has 7 heteroatoms. The summed E-state index contributed by atoms with van der Waals surface area (Å²) in [7, 11) is 0. The van der Waals surface area contributed by atoms with Gasteiger partial charge in [-0.2, -0.15) is 13.2 Å². The number of alkyl halides is 3. The normalized spacial score (nSPS) is 12.1. The summed E-state index contributed by atoms with van der Waals surface area (Å²) in [6.45, 7) is 0. The molecule has 2 nitrogen and oxygen atoms in total. The van der Waals surface area contributed by atoms with E-state index >= 15 is 0 Å². The number of hydrogen-bond acceptors (Lipinski definition) is 2. The van der Waals surface area contributed by atoms with Gasteiger partial charge in [0.2, 0.25) is 0 Å². The maximum Gasteiger partial charge on any atom is 0.433 e. The molecule has 2 aromatic rings. The molecule has 1 aromatic carbocycles. The van der Waals surface area contributed by atoms with Crippen LogP contribution >= 0.6 is 22.6 Å². The first-order chi connectivity index (χ1) is 7.80. The van der Waals surface area contributed by atoms with Crippen LogP contribution in [0, 0.1) is 9.39 Å². The van der Waals surface area contributed by atoms with Crippen LogP contribution in [-0.4, -0.2) is 4.98 Å². The summed E-state index contributed by atoms with van der Waals surface area (Å²) in [6, 6.07) is 3.21. The van der Waals surface area contributed by atoms with Crippen LogP contribution in [0.2, 0.25) is 0 Å². The molecule has 0 unspecified atom stereocenters. The van der Waals surface area contributed by atoms with Crippen LogP contribution in [0.4, 0.5) is 23.2 Å². The number of nitrogen functional groups attached to an aromatic ring is 1. The molecule has 0 fully saturated rings. The molecule has 0 saturated heterocycles. The van der Waals surface area contributed by atoms with Gasteiger partial charge in [-0.1, -0.05) is 0 Å². The van der Waals surface area contributed by atoms with Gasteiger partial charge in [0.25, 0.3) is 0 Å². The Morgan fingerprint density at radius 3 is 2.47 bits per heavy atom. The van der Waals surface area contributed by atoms with Crippen molar-refractivity contribution >= 4 is 39.2 Å². The Kier molecular flexibility index (Phi) is 2.88. The Morgan fingerprint density at radius 2 is 1.88 bits per heavy atom. The Hall–Kier alpha value is -1.12. The number of hydrogen-bond donors (Lipinski definition) is 1. The Labute approximate surface area is 107 Å². The Morgan fingerprint density at radius 1 is 1.24 bits per heavy atom. The topological polar surface area (TPSA) is 38.9 Å². The van der Waals surface area contributed by atoms with Crippen LogP contribution in [0.1, 0.15) is 5.69 Å². The van der Waals surface area contributed by atoms with E-state index in [1.54, 1.807) is 22.6 Å². The minimum Gasteiger partial charge on any atom is -0.398 e. The number of fused-ring (bicyclic) bond motifs is 1. The van der Waals surface area contributed by atoms with Crippen LogP contribution in [0.5, 0.6) is 0 Å². The highest BCUT2D eigenvalue weighted by Gasteiger charge is 2.33. The highest BCUT2D eigenvalue weighted by molar-refractivity contribution is 14.1. The first-order valence-electron chi connectivity index (χ1n) is 4.42. The highest BCUT2D eigenvalue weighted by atomic mass is 127. The molecule has 0 aliphatic heterocycles. The minimum atomic E-state index is -4.60. The molecule has 17 heavy (non-hydrogen) atoms. The number of benzene rings is 1. The second-order valence-electron chi connectivity index (χ2n) is 3.35. The number of rotatable bonds is 0. The second kappa shape index (κ2) is 3.97. The molecule has 0 amide bonds. The molecule has 0 bridgehead atoms. The molecule has 0 spiro atoms. The monoisotopic (exact) mass is 356 g/mol. The van der Waals surface area contributed by atoms with Crippen LogP contribution in [-0.2, 0) is 6.18 Å². The second-order valence-corrected chi connectivity index (χ2v) is 4.43. The van der Waals surface area contributed by atoms with Crippen molar-refractivity contribution in [1.29, 1.82) is 0 Å². The third-order valence-electron chi connectivity index (χ3n) is 2.19. The van der Waals surface area contributed by atoms with Crippen molar-refractivity contribution in [3.05, 3.63) is 33.3 Å². The Bertz CT molecular complexity index is 595. The van der Waals surface area contributed by atoms with Crippen molar-refractivity contribution in [3.63, 3.8) is 0 Å². The summed E-state index contributed by atoms with van der Waals surface area (Å²) in [6.07, 6.45) is -4.60. The fraction of sp³-hybridized carbons (Fsp3) is 0.100. The van der Waals surface area contributed by atoms with Gasteiger partial charge in [0.1, 0.15) is 11.5 Å². The molecule has 0 radical (unpaired) electrons. The van der Waals surface area contributed by atoms with Crippen LogP contribution in [0.15, 0.2) is 18.2 Å². The summed E-state index contributed by atoms with van der Waals surface area (Å²) in [5.41, 5.74) is 4.25. The van der Waals surface area contributed by atoms with Gasteiger partial charge in [-0.05, 0) is 40.8 Å². The fourth-order valence-corrected chi connectivity index (χ4v) is 2.00. The largest absolute Gasteiger partial charge is 0.433 e. The number of nitrogens with zero attached hydrogens (tertiary/aromatic N) is 1. The maximum atomic E-state index is 13.2. The van der Waals surface area contributed by atoms with Gasteiger partial charge in [-0.15, -0.1) is 0 Å². The number of pyridine rings is 1. The van der Waals surface area contributed by atoms with E-state index in [2.05, 4.69) is 4.98 Å².